The summed E-state index contributed by atoms with van der Waals surface area (Å²) < 4.78 is 11.0. The Kier molecular flexibility index (Phi) is 5.69. The molecule has 0 radical (unpaired) electrons. The smallest absolute Gasteiger partial charge is 0.249 e. The van der Waals surface area contributed by atoms with Crippen molar-refractivity contribution in [2.45, 2.75) is 38.5 Å². The minimum atomic E-state index is -0.286. The SMILES string of the molecule is COCCNC(=O)[C@@H]1C[C@H]2CCN(Cc3ccc(C)s3)C[C@@H]2O1. The molecule has 0 spiro atoms. The summed E-state index contributed by atoms with van der Waals surface area (Å²) in [5.74, 6) is 0.534. The maximum Gasteiger partial charge on any atom is 0.249 e. The van der Waals surface area contributed by atoms with Gasteiger partial charge < -0.3 is 14.8 Å². The highest BCUT2D eigenvalue weighted by molar-refractivity contribution is 7.11. The highest BCUT2D eigenvalue weighted by Gasteiger charge is 2.41. The Morgan fingerprint density at radius 3 is 3.13 bits per heavy atom. The maximum atomic E-state index is 12.1. The van der Waals surface area contributed by atoms with Gasteiger partial charge in [0.05, 0.1) is 12.7 Å². The first kappa shape index (κ1) is 16.9. The van der Waals surface area contributed by atoms with Crippen LogP contribution in [0, 0.1) is 12.8 Å². The van der Waals surface area contributed by atoms with Crippen molar-refractivity contribution in [3.63, 3.8) is 0 Å². The summed E-state index contributed by atoms with van der Waals surface area (Å²) in [6, 6.07) is 4.40. The van der Waals surface area contributed by atoms with Crippen LogP contribution in [0.5, 0.6) is 0 Å². The lowest BCUT2D eigenvalue weighted by molar-refractivity contribution is -0.133. The Hall–Kier alpha value is -0.950. The van der Waals surface area contributed by atoms with Crippen LogP contribution in [0.4, 0.5) is 0 Å². The molecule has 1 aromatic rings. The van der Waals surface area contributed by atoms with Gasteiger partial charge in [0.2, 0.25) is 5.91 Å². The Balaban J connectivity index is 1.48. The van der Waals surface area contributed by atoms with Crippen LogP contribution in [-0.4, -0.2) is 56.4 Å². The summed E-state index contributed by atoms with van der Waals surface area (Å²) in [6.07, 6.45) is 1.89. The number of thiophene rings is 1. The van der Waals surface area contributed by atoms with Crippen LogP contribution >= 0.6 is 11.3 Å². The second-order valence-electron chi connectivity index (χ2n) is 6.48. The Morgan fingerprint density at radius 1 is 1.52 bits per heavy atom. The minimum Gasteiger partial charge on any atom is -0.383 e. The molecule has 3 atom stereocenters. The minimum absolute atomic E-state index is 0.0110. The van der Waals surface area contributed by atoms with E-state index in [2.05, 4.69) is 29.3 Å². The fraction of sp³-hybridized carbons (Fsp3) is 0.706. The van der Waals surface area contributed by atoms with E-state index in [9.17, 15) is 4.79 Å². The van der Waals surface area contributed by atoms with Crippen molar-refractivity contribution in [1.82, 2.24) is 10.2 Å². The Bertz CT molecular complexity index is 534. The predicted octanol–water partition coefficient (Wildman–Crippen LogP) is 1.80. The molecule has 1 N–H and O–H groups in total. The number of methoxy groups -OCH3 is 1. The number of amides is 1. The summed E-state index contributed by atoms with van der Waals surface area (Å²) in [5, 5.41) is 2.89. The summed E-state index contributed by atoms with van der Waals surface area (Å²) in [5.41, 5.74) is 0. The number of piperidine rings is 1. The maximum absolute atomic E-state index is 12.1. The van der Waals surface area contributed by atoms with Crippen LogP contribution in [0.3, 0.4) is 0 Å². The number of rotatable bonds is 6. The van der Waals surface area contributed by atoms with Gasteiger partial charge >= 0.3 is 0 Å². The lowest BCUT2D eigenvalue weighted by Gasteiger charge is -2.33. The Labute approximate surface area is 142 Å². The number of fused-ring (bicyclic) bond motifs is 1. The quantitative estimate of drug-likeness (QED) is 0.804. The average Bonchev–Trinajstić information content (AvgIpc) is 3.13. The van der Waals surface area contributed by atoms with Gasteiger partial charge in [0.25, 0.3) is 0 Å². The van der Waals surface area contributed by atoms with Gasteiger partial charge in [-0.3, -0.25) is 9.69 Å². The average molecular weight is 338 g/mol. The van der Waals surface area contributed by atoms with Gasteiger partial charge in [0.1, 0.15) is 6.10 Å². The zero-order valence-electron chi connectivity index (χ0n) is 13.9. The van der Waals surface area contributed by atoms with Crippen LogP contribution in [0.2, 0.25) is 0 Å². The predicted molar refractivity (Wildman–Crippen MR) is 90.6 cm³/mol. The number of hydrogen-bond donors (Lipinski definition) is 1. The van der Waals surface area contributed by atoms with Crippen molar-refractivity contribution in [1.29, 1.82) is 0 Å². The van der Waals surface area contributed by atoms with Crippen LogP contribution in [0.15, 0.2) is 12.1 Å². The van der Waals surface area contributed by atoms with Crippen molar-refractivity contribution < 1.29 is 14.3 Å². The first-order valence-corrected chi connectivity index (χ1v) is 9.17. The first-order chi connectivity index (χ1) is 11.2. The second-order valence-corrected chi connectivity index (χ2v) is 7.85. The lowest BCUT2D eigenvalue weighted by atomic mass is 9.91. The monoisotopic (exact) mass is 338 g/mol. The van der Waals surface area contributed by atoms with Gasteiger partial charge in [-0.15, -0.1) is 11.3 Å². The molecule has 23 heavy (non-hydrogen) atoms. The third kappa shape index (κ3) is 4.32. The zero-order valence-corrected chi connectivity index (χ0v) is 14.7. The molecule has 5 nitrogen and oxygen atoms in total. The second kappa shape index (κ2) is 7.75. The largest absolute Gasteiger partial charge is 0.383 e. The Morgan fingerprint density at radius 2 is 2.39 bits per heavy atom. The number of hydrogen-bond acceptors (Lipinski definition) is 5. The van der Waals surface area contributed by atoms with Gasteiger partial charge in [-0.05, 0) is 44.4 Å². The number of nitrogens with zero attached hydrogens (tertiary/aromatic N) is 1. The topological polar surface area (TPSA) is 50.8 Å². The third-order valence-electron chi connectivity index (χ3n) is 4.71. The molecule has 2 aliphatic rings. The molecular formula is C17H26N2O3S. The van der Waals surface area contributed by atoms with Gasteiger partial charge in [-0.1, -0.05) is 0 Å². The first-order valence-electron chi connectivity index (χ1n) is 8.35. The molecule has 1 amide bonds. The van der Waals surface area contributed by atoms with Crippen molar-refractivity contribution in [3.05, 3.63) is 21.9 Å². The molecule has 0 unspecified atom stereocenters. The molecule has 0 aromatic carbocycles. The number of nitrogens with one attached hydrogen (secondary N) is 1. The molecule has 3 heterocycles. The molecule has 0 saturated carbocycles. The van der Waals surface area contributed by atoms with E-state index in [1.807, 2.05) is 11.3 Å². The van der Waals surface area contributed by atoms with Crippen molar-refractivity contribution in [3.8, 4) is 0 Å². The van der Waals surface area contributed by atoms with E-state index >= 15 is 0 Å². The molecule has 2 aliphatic heterocycles. The van der Waals surface area contributed by atoms with Gasteiger partial charge in [0, 0.05) is 36.5 Å². The van der Waals surface area contributed by atoms with E-state index in [0.29, 0.717) is 19.1 Å². The van der Waals surface area contributed by atoms with Crippen LogP contribution < -0.4 is 5.32 Å². The fourth-order valence-electron chi connectivity index (χ4n) is 3.49. The van der Waals surface area contributed by atoms with E-state index in [1.54, 1.807) is 7.11 Å². The summed E-state index contributed by atoms with van der Waals surface area (Å²) >= 11 is 1.86. The zero-order chi connectivity index (χ0) is 16.2. The van der Waals surface area contributed by atoms with Gasteiger partial charge in [-0.25, -0.2) is 0 Å². The molecule has 3 rings (SSSR count). The van der Waals surface area contributed by atoms with Crippen LogP contribution in [-0.2, 0) is 20.8 Å². The van der Waals surface area contributed by atoms with Gasteiger partial charge in [0.15, 0.2) is 0 Å². The van der Waals surface area contributed by atoms with Crippen LogP contribution in [0.25, 0.3) is 0 Å². The summed E-state index contributed by atoms with van der Waals surface area (Å²) in [7, 11) is 1.64. The lowest BCUT2D eigenvalue weighted by Crippen LogP contribution is -2.42. The number of aryl methyl sites for hydroxylation is 1. The molecule has 2 saturated heterocycles. The number of carbonyl (C=O) groups excluding carboxylic acids is 1. The molecule has 1 aromatic heterocycles. The van der Waals surface area contributed by atoms with E-state index in [1.165, 1.54) is 9.75 Å². The summed E-state index contributed by atoms with van der Waals surface area (Å²) in [4.78, 5) is 17.4. The normalized spacial score (nSPS) is 27.8. The molecule has 0 aliphatic carbocycles. The van der Waals surface area contributed by atoms with Crippen molar-refractivity contribution in [2.75, 3.05) is 33.4 Å². The summed E-state index contributed by atoms with van der Waals surface area (Å²) in [6.45, 7) is 6.26. The van der Waals surface area contributed by atoms with E-state index in [4.69, 9.17) is 9.47 Å². The highest BCUT2D eigenvalue weighted by atomic mass is 32.1. The molecule has 0 bridgehead atoms. The van der Waals surface area contributed by atoms with Crippen molar-refractivity contribution >= 4 is 17.2 Å². The third-order valence-corrected chi connectivity index (χ3v) is 5.69. The molecular weight excluding hydrogens is 312 g/mol. The molecule has 2 fully saturated rings. The number of carbonyl (C=O) groups is 1. The standard InChI is InChI=1S/C17H26N2O3S/c1-12-3-4-14(23-12)10-19-7-5-13-9-15(22-16(13)11-19)17(20)18-6-8-21-2/h3-4,13,15-16H,5-11H2,1-2H3,(H,18,20)/t13-,15+,16+/m1/s1. The number of ether oxygens (including phenoxy) is 2. The number of likely N-dealkylation sites (tertiary alicyclic amines) is 1. The highest BCUT2D eigenvalue weighted by Crippen LogP contribution is 2.34. The molecule has 6 heteroatoms. The molecule has 128 valence electrons. The fourth-order valence-corrected chi connectivity index (χ4v) is 4.42. The van der Waals surface area contributed by atoms with Crippen molar-refractivity contribution in [2.24, 2.45) is 5.92 Å². The van der Waals surface area contributed by atoms with Crippen LogP contribution in [0.1, 0.15) is 22.6 Å². The van der Waals surface area contributed by atoms with E-state index in [-0.39, 0.29) is 18.1 Å². The van der Waals surface area contributed by atoms with Gasteiger partial charge in [-0.2, -0.15) is 0 Å². The van der Waals surface area contributed by atoms with E-state index in [0.717, 1.165) is 32.5 Å². The van der Waals surface area contributed by atoms with E-state index < -0.39 is 0 Å².